The number of hydrogen-bond acceptors (Lipinski definition) is 4. The molecule has 0 unspecified atom stereocenters. The summed E-state index contributed by atoms with van der Waals surface area (Å²) in [5.74, 6) is 0.592. The van der Waals surface area contributed by atoms with E-state index in [0.29, 0.717) is 5.82 Å². The molecule has 0 spiro atoms. The van der Waals surface area contributed by atoms with Gasteiger partial charge in [0.2, 0.25) is 0 Å². The van der Waals surface area contributed by atoms with Crippen molar-refractivity contribution in [3.05, 3.63) is 151 Å². The summed E-state index contributed by atoms with van der Waals surface area (Å²) < 4.78 is 0. The Kier molecular flexibility index (Phi) is 7.93. The van der Waals surface area contributed by atoms with Crippen LogP contribution in [0.2, 0.25) is 0 Å². The predicted octanol–water partition coefficient (Wildman–Crippen LogP) is 9.42. The Labute approximate surface area is 258 Å². The molecule has 0 aliphatic carbocycles. The van der Waals surface area contributed by atoms with Gasteiger partial charge in [-0.25, -0.2) is 4.98 Å². The monoisotopic (exact) mass is 721 g/mol. The van der Waals surface area contributed by atoms with E-state index in [1.807, 2.05) is 109 Å². The number of pyridine rings is 4. The first kappa shape index (κ1) is 27.2. The second-order valence-corrected chi connectivity index (χ2v) is 9.59. The summed E-state index contributed by atoms with van der Waals surface area (Å²) >= 11 is 0. The first-order valence-corrected chi connectivity index (χ1v) is 13.4. The molecule has 3 aromatic carbocycles. The van der Waals surface area contributed by atoms with E-state index in [1.165, 1.54) is 0 Å². The van der Waals surface area contributed by atoms with Crippen LogP contribution in [-0.2, 0) is 21.1 Å². The van der Waals surface area contributed by atoms with Crippen molar-refractivity contribution < 1.29 is 21.1 Å². The molecular weight excluding hydrogens is 698 g/mol. The van der Waals surface area contributed by atoms with Gasteiger partial charge in [0, 0.05) is 44.4 Å². The van der Waals surface area contributed by atoms with Crippen molar-refractivity contribution in [3.63, 3.8) is 0 Å². The normalized spacial score (nSPS) is 10.7. The SMILES string of the molecule is [Pt].c1ccc(-c2ccnc(-c3ccccc3[N-]c3ncccc3-c3cccc(-c4nccc5ccccc45)n3)c2)cc1. The first-order chi connectivity index (χ1) is 20.3. The van der Waals surface area contributed by atoms with Crippen molar-refractivity contribution in [1.29, 1.82) is 0 Å². The van der Waals surface area contributed by atoms with Crippen LogP contribution in [0.3, 0.4) is 0 Å². The van der Waals surface area contributed by atoms with Gasteiger partial charge >= 0.3 is 0 Å². The van der Waals surface area contributed by atoms with E-state index in [1.54, 1.807) is 6.20 Å². The Morgan fingerprint density at radius 3 is 2.17 bits per heavy atom. The van der Waals surface area contributed by atoms with E-state index in [-0.39, 0.29) is 21.1 Å². The minimum absolute atomic E-state index is 0. The molecule has 42 heavy (non-hydrogen) atoms. The molecule has 204 valence electrons. The Balaban J connectivity index is 0.00000316. The molecule has 7 aromatic rings. The van der Waals surface area contributed by atoms with Gasteiger partial charge in [0.05, 0.1) is 22.8 Å². The molecular formula is C36H24N5Pt-. The quantitative estimate of drug-likeness (QED) is 0.172. The molecule has 7 rings (SSSR count). The fourth-order valence-electron chi connectivity index (χ4n) is 5.02. The largest absolute Gasteiger partial charge is 0.442 e. The Morgan fingerprint density at radius 1 is 0.476 bits per heavy atom. The van der Waals surface area contributed by atoms with Crippen LogP contribution in [0.5, 0.6) is 0 Å². The molecule has 0 aliphatic heterocycles. The summed E-state index contributed by atoms with van der Waals surface area (Å²) in [5, 5.41) is 7.23. The molecule has 5 nitrogen and oxygen atoms in total. The second kappa shape index (κ2) is 12.3. The average molecular weight is 722 g/mol. The smallest absolute Gasteiger partial charge is 0.0964 e. The van der Waals surface area contributed by atoms with Crippen LogP contribution in [0.25, 0.3) is 61.1 Å². The fraction of sp³-hybridized carbons (Fsp3) is 0. The zero-order valence-electron chi connectivity index (χ0n) is 22.4. The molecule has 0 bridgehead atoms. The molecule has 0 fully saturated rings. The van der Waals surface area contributed by atoms with Gasteiger partial charge in [-0.1, -0.05) is 103 Å². The number of para-hydroxylation sites is 1. The van der Waals surface area contributed by atoms with Gasteiger partial charge in [-0.3, -0.25) is 9.97 Å². The van der Waals surface area contributed by atoms with Crippen LogP contribution in [0.15, 0.2) is 146 Å². The summed E-state index contributed by atoms with van der Waals surface area (Å²) in [5.41, 5.74) is 8.10. The van der Waals surface area contributed by atoms with E-state index >= 15 is 0 Å². The van der Waals surface area contributed by atoms with Gasteiger partial charge in [0.1, 0.15) is 0 Å². The van der Waals surface area contributed by atoms with Gasteiger partial charge in [-0.2, -0.15) is 0 Å². The number of hydrogen-bond donors (Lipinski definition) is 0. The maximum absolute atomic E-state index is 5.04. The number of benzene rings is 3. The molecule has 6 heteroatoms. The van der Waals surface area contributed by atoms with Crippen molar-refractivity contribution in [2.45, 2.75) is 0 Å². The van der Waals surface area contributed by atoms with Crippen molar-refractivity contribution in [2.24, 2.45) is 0 Å². The van der Waals surface area contributed by atoms with E-state index in [9.17, 15) is 0 Å². The van der Waals surface area contributed by atoms with E-state index in [0.717, 1.165) is 61.5 Å². The van der Waals surface area contributed by atoms with Gasteiger partial charge < -0.3 is 10.3 Å². The Bertz CT molecular complexity index is 1990. The number of fused-ring (bicyclic) bond motifs is 1. The first-order valence-electron chi connectivity index (χ1n) is 13.4. The van der Waals surface area contributed by atoms with Crippen molar-refractivity contribution in [2.75, 3.05) is 0 Å². The Morgan fingerprint density at radius 2 is 1.24 bits per heavy atom. The van der Waals surface area contributed by atoms with E-state index in [2.05, 4.69) is 45.3 Å². The predicted molar refractivity (Wildman–Crippen MR) is 166 cm³/mol. The summed E-state index contributed by atoms with van der Waals surface area (Å²) in [7, 11) is 0. The van der Waals surface area contributed by atoms with Crippen LogP contribution in [0, 0.1) is 0 Å². The van der Waals surface area contributed by atoms with Gasteiger partial charge in [0.25, 0.3) is 0 Å². The molecule has 0 saturated heterocycles. The molecule has 0 aliphatic rings. The minimum Gasteiger partial charge on any atom is -0.442 e. The third-order valence-electron chi connectivity index (χ3n) is 7.00. The van der Waals surface area contributed by atoms with Crippen LogP contribution in [-0.4, -0.2) is 19.9 Å². The van der Waals surface area contributed by atoms with Crippen molar-refractivity contribution in [3.8, 4) is 45.0 Å². The summed E-state index contributed by atoms with van der Waals surface area (Å²) in [6.07, 6.45) is 5.43. The molecule has 4 heterocycles. The number of nitrogens with zero attached hydrogens (tertiary/aromatic N) is 5. The molecule has 4 aromatic heterocycles. The third kappa shape index (κ3) is 5.47. The van der Waals surface area contributed by atoms with Crippen molar-refractivity contribution >= 4 is 22.3 Å². The van der Waals surface area contributed by atoms with E-state index < -0.39 is 0 Å². The average Bonchev–Trinajstić information content (AvgIpc) is 3.05. The minimum atomic E-state index is 0. The molecule has 0 amide bonds. The van der Waals surface area contributed by atoms with Gasteiger partial charge in [0.15, 0.2) is 0 Å². The third-order valence-corrected chi connectivity index (χ3v) is 7.00. The topological polar surface area (TPSA) is 65.7 Å². The van der Waals surface area contributed by atoms with Gasteiger partial charge in [-0.05, 0) is 63.9 Å². The zero-order chi connectivity index (χ0) is 27.4. The van der Waals surface area contributed by atoms with Crippen LogP contribution < -0.4 is 0 Å². The summed E-state index contributed by atoms with van der Waals surface area (Å²) in [6, 6.07) is 42.6. The maximum Gasteiger partial charge on any atom is 0.0964 e. The molecule has 0 N–H and O–H groups in total. The summed E-state index contributed by atoms with van der Waals surface area (Å²) in [6.45, 7) is 0. The molecule has 0 atom stereocenters. The maximum atomic E-state index is 5.04. The van der Waals surface area contributed by atoms with Crippen molar-refractivity contribution in [1.82, 2.24) is 19.9 Å². The Hall–Kier alpha value is -4.99. The van der Waals surface area contributed by atoms with Crippen LogP contribution in [0.1, 0.15) is 0 Å². The molecule has 0 radical (unpaired) electrons. The number of rotatable bonds is 6. The van der Waals surface area contributed by atoms with E-state index in [4.69, 9.17) is 10.3 Å². The standard InChI is InChI=1S/C36H24N5.Pt/c1-2-10-25(11-3-1)27-20-22-37-34(24-27)29-14-6-7-16-31(29)41-36-30(15-9-21-39-36)32-17-8-18-33(40-32)35-28-13-5-4-12-26(28)19-23-38-35;/h1-24H;/q-1;. The fourth-order valence-corrected chi connectivity index (χ4v) is 5.02. The number of aromatic nitrogens is 4. The van der Waals surface area contributed by atoms with Gasteiger partial charge in [-0.15, -0.1) is 0 Å². The van der Waals surface area contributed by atoms with Crippen LogP contribution in [0.4, 0.5) is 11.5 Å². The molecule has 0 saturated carbocycles. The zero-order valence-corrected chi connectivity index (χ0v) is 24.7. The van der Waals surface area contributed by atoms with Crippen LogP contribution >= 0.6 is 0 Å². The second-order valence-electron chi connectivity index (χ2n) is 9.59. The summed E-state index contributed by atoms with van der Waals surface area (Å²) in [4.78, 5) is 19.0.